The summed E-state index contributed by atoms with van der Waals surface area (Å²) in [5.41, 5.74) is 16.5. The predicted octanol–water partition coefficient (Wildman–Crippen LogP) is 7.71. The Morgan fingerprint density at radius 2 is 1.06 bits per heavy atom. The third kappa shape index (κ3) is 2.04. The Bertz CT molecular complexity index is 1420. The molecule has 0 unspecified atom stereocenters. The summed E-state index contributed by atoms with van der Waals surface area (Å²) < 4.78 is 0. The topological polar surface area (TPSA) is 3.24 Å². The van der Waals surface area contributed by atoms with Crippen molar-refractivity contribution < 1.29 is 0 Å². The summed E-state index contributed by atoms with van der Waals surface area (Å²) in [5.74, 6) is 0. The third-order valence-electron chi connectivity index (χ3n) is 7.65. The number of nitrogens with zero attached hydrogens (tertiary/aromatic N) is 1. The second kappa shape index (κ2) is 5.89. The van der Waals surface area contributed by atoms with Gasteiger partial charge in [-0.3, -0.25) is 0 Å². The maximum Gasteiger partial charge on any atom is 0.0857 e. The van der Waals surface area contributed by atoms with E-state index in [0.717, 1.165) is 12.8 Å². The van der Waals surface area contributed by atoms with Crippen LogP contribution >= 0.6 is 0 Å². The molecular weight excluding hydrogens is 386 g/mol. The van der Waals surface area contributed by atoms with Crippen LogP contribution in [0.3, 0.4) is 0 Å². The lowest BCUT2D eigenvalue weighted by molar-refractivity contribution is 0.801. The van der Waals surface area contributed by atoms with Crippen molar-refractivity contribution >= 4 is 23.5 Å². The molecule has 2 heterocycles. The fourth-order valence-corrected chi connectivity index (χ4v) is 6.23. The Morgan fingerprint density at radius 3 is 1.59 bits per heavy atom. The maximum absolute atomic E-state index is 2.63. The van der Waals surface area contributed by atoms with E-state index in [9.17, 15) is 0 Å². The molecule has 2 aliphatic heterocycles. The van der Waals surface area contributed by atoms with Crippen molar-refractivity contribution in [1.82, 2.24) is 0 Å². The lowest BCUT2D eigenvalue weighted by Crippen LogP contribution is -2.32. The Labute approximate surface area is 188 Å². The Hall–Kier alpha value is -3.84. The molecule has 0 amide bonds. The minimum absolute atomic E-state index is 0.197. The van der Waals surface area contributed by atoms with E-state index in [1.165, 1.54) is 67.0 Å². The van der Waals surface area contributed by atoms with Gasteiger partial charge in [0.25, 0.3) is 0 Å². The van der Waals surface area contributed by atoms with Gasteiger partial charge in [-0.2, -0.15) is 0 Å². The highest BCUT2D eigenvalue weighted by Gasteiger charge is 2.39. The van der Waals surface area contributed by atoms with Gasteiger partial charge in [-0.05, 0) is 81.6 Å². The molecule has 2 aliphatic carbocycles. The first-order valence-corrected chi connectivity index (χ1v) is 11.5. The van der Waals surface area contributed by atoms with Gasteiger partial charge in [0.2, 0.25) is 0 Å². The van der Waals surface area contributed by atoms with Crippen LogP contribution in [0.15, 0.2) is 84.9 Å². The number of allylic oxidation sites excluding steroid dienone is 2. The first kappa shape index (κ1) is 16.8. The van der Waals surface area contributed by atoms with Gasteiger partial charge in [0.1, 0.15) is 0 Å². The van der Waals surface area contributed by atoms with E-state index < -0.39 is 0 Å². The lowest BCUT2D eigenvalue weighted by Gasteiger charge is -2.45. The fourth-order valence-electron chi connectivity index (χ4n) is 6.23. The number of rotatable bonds is 0. The van der Waals surface area contributed by atoms with Gasteiger partial charge >= 0.3 is 0 Å². The van der Waals surface area contributed by atoms with Crippen molar-refractivity contribution in [3.8, 4) is 22.3 Å². The molecule has 0 N–H and O–H groups in total. The van der Waals surface area contributed by atoms with Gasteiger partial charge in [0.05, 0.1) is 17.4 Å². The van der Waals surface area contributed by atoms with E-state index in [1.54, 1.807) is 0 Å². The molecule has 1 nitrogen and oxygen atoms in total. The van der Waals surface area contributed by atoms with Crippen LogP contribution in [0, 0.1) is 0 Å². The number of benzene rings is 4. The summed E-state index contributed by atoms with van der Waals surface area (Å²) in [4.78, 5) is 2.63. The molecule has 4 aromatic carbocycles. The summed E-state index contributed by atoms with van der Waals surface area (Å²) in [7, 11) is 0. The summed E-state index contributed by atoms with van der Waals surface area (Å²) in [5, 5.41) is 0. The first-order valence-electron chi connectivity index (χ1n) is 11.5. The molecule has 0 saturated carbocycles. The van der Waals surface area contributed by atoms with Gasteiger partial charge in [0.15, 0.2) is 0 Å². The van der Waals surface area contributed by atoms with Crippen LogP contribution in [0.1, 0.15) is 39.4 Å². The number of fused-ring (bicyclic) bond motifs is 13. The normalized spacial score (nSPS) is 16.1. The Morgan fingerprint density at radius 1 is 0.562 bits per heavy atom. The molecule has 0 radical (unpaired) electrons. The van der Waals surface area contributed by atoms with E-state index in [1.807, 2.05) is 0 Å². The zero-order chi connectivity index (χ0) is 20.8. The fraction of sp³-hybridized carbons (Fsp3) is 0.0968. The first-order chi connectivity index (χ1) is 15.9. The van der Waals surface area contributed by atoms with E-state index in [2.05, 4.69) is 102 Å². The highest BCUT2D eigenvalue weighted by molar-refractivity contribution is 5.99. The molecule has 0 atom stereocenters. The Balaban J connectivity index is 1.51. The van der Waals surface area contributed by atoms with Crippen LogP contribution in [-0.2, 0) is 12.8 Å². The van der Waals surface area contributed by atoms with Crippen LogP contribution in [0.2, 0.25) is 0 Å². The molecule has 32 heavy (non-hydrogen) atoms. The van der Waals surface area contributed by atoms with E-state index in [4.69, 9.17) is 0 Å². The van der Waals surface area contributed by atoms with Crippen molar-refractivity contribution in [2.75, 3.05) is 4.90 Å². The van der Waals surface area contributed by atoms with Crippen molar-refractivity contribution in [2.24, 2.45) is 0 Å². The molecule has 0 aromatic heterocycles. The highest BCUT2D eigenvalue weighted by atomic mass is 15.2. The van der Waals surface area contributed by atoms with Gasteiger partial charge in [-0.1, -0.05) is 72.8 Å². The van der Waals surface area contributed by atoms with Crippen molar-refractivity contribution in [3.63, 3.8) is 0 Å². The minimum atomic E-state index is 0.197. The average molecular weight is 408 g/mol. The molecule has 0 fully saturated rings. The summed E-state index contributed by atoms with van der Waals surface area (Å²) in [6.45, 7) is 0. The number of hydrogen-bond donors (Lipinski definition) is 0. The van der Waals surface area contributed by atoms with E-state index in [-0.39, 0.29) is 6.04 Å². The second-order valence-corrected chi connectivity index (χ2v) is 9.30. The SMILES string of the molecule is C1=Cc2cc3c(cc2C1)N1c2cc4c(cc2-c2ccccc2C1c1ccccc1-3)C=CC4. The van der Waals surface area contributed by atoms with Gasteiger partial charge < -0.3 is 4.90 Å². The molecule has 0 saturated heterocycles. The van der Waals surface area contributed by atoms with Crippen LogP contribution in [0.5, 0.6) is 0 Å². The van der Waals surface area contributed by atoms with Crippen molar-refractivity contribution in [1.29, 1.82) is 0 Å². The smallest absolute Gasteiger partial charge is 0.0857 e. The molecule has 0 bridgehead atoms. The molecular formula is C31H21N. The quantitative estimate of drug-likeness (QED) is 0.288. The molecule has 150 valence electrons. The minimum Gasteiger partial charge on any atom is -0.329 e. The van der Waals surface area contributed by atoms with E-state index in [0.29, 0.717) is 0 Å². The highest BCUT2D eigenvalue weighted by Crippen LogP contribution is 2.58. The summed E-state index contributed by atoms with van der Waals surface area (Å²) >= 11 is 0. The van der Waals surface area contributed by atoms with Crippen LogP contribution < -0.4 is 4.90 Å². The van der Waals surface area contributed by atoms with Crippen molar-refractivity contribution in [2.45, 2.75) is 18.9 Å². The van der Waals surface area contributed by atoms with Crippen molar-refractivity contribution in [3.05, 3.63) is 118 Å². The molecule has 1 heteroatoms. The number of hydrogen-bond acceptors (Lipinski definition) is 1. The Kier molecular flexibility index (Phi) is 3.09. The van der Waals surface area contributed by atoms with Crippen LogP contribution in [-0.4, -0.2) is 0 Å². The van der Waals surface area contributed by atoms with Gasteiger partial charge in [-0.25, -0.2) is 0 Å². The maximum atomic E-state index is 2.63. The zero-order valence-corrected chi connectivity index (χ0v) is 17.7. The lowest BCUT2D eigenvalue weighted by atomic mass is 9.77. The van der Waals surface area contributed by atoms with Gasteiger partial charge in [0, 0.05) is 11.1 Å². The molecule has 8 rings (SSSR count). The predicted molar refractivity (Wildman–Crippen MR) is 133 cm³/mol. The number of anilines is 2. The van der Waals surface area contributed by atoms with Crippen LogP contribution in [0.25, 0.3) is 34.4 Å². The monoisotopic (exact) mass is 407 g/mol. The van der Waals surface area contributed by atoms with Gasteiger partial charge in [-0.15, -0.1) is 0 Å². The second-order valence-electron chi connectivity index (χ2n) is 9.30. The largest absolute Gasteiger partial charge is 0.329 e. The zero-order valence-electron chi connectivity index (χ0n) is 17.7. The average Bonchev–Trinajstić information content (AvgIpc) is 3.50. The summed E-state index contributed by atoms with van der Waals surface area (Å²) in [6, 6.07) is 28.0. The van der Waals surface area contributed by atoms with E-state index >= 15 is 0 Å². The summed E-state index contributed by atoms with van der Waals surface area (Å²) in [6.07, 6.45) is 11.2. The molecule has 4 aliphatic rings. The standard InChI is InChI=1S/C31H21N/c1-3-13-25-23(11-1)27-15-19-7-5-9-21(19)17-29(27)32-30-18-22-10-6-8-20(22)16-28(30)24-12-2-4-14-26(24)31(25)32/h1-8,11-18,31H,9-10H2. The van der Waals surface area contributed by atoms with Crippen LogP contribution in [0.4, 0.5) is 11.4 Å². The third-order valence-corrected chi connectivity index (χ3v) is 7.65. The molecule has 4 aromatic rings. The molecule has 0 spiro atoms.